The van der Waals surface area contributed by atoms with E-state index in [0.717, 1.165) is 24.2 Å². The van der Waals surface area contributed by atoms with Crippen LogP contribution in [0.3, 0.4) is 0 Å². The second-order valence-electron chi connectivity index (χ2n) is 4.68. The first-order valence-corrected chi connectivity index (χ1v) is 7.41. The maximum Gasteiger partial charge on any atom is 0.277 e. The van der Waals surface area contributed by atoms with E-state index >= 15 is 0 Å². The topological polar surface area (TPSA) is 81.2 Å². The Labute approximate surface area is 101 Å². The summed E-state index contributed by atoms with van der Waals surface area (Å²) in [6.07, 6.45) is 4.39. The summed E-state index contributed by atoms with van der Waals surface area (Å²) in [6, 6.07) is 0. The molecule has 1 aliphatic carbocycles. The number of hydrogen-bond donors (Lipinski definition) is 1. The van der Waals surface area contributed by atoms with Gasteiger partial charge in [-0.25, -0.2) is 5.14 Å². The third-order valence-electron chi connectivity index (χ3n) is 3.59. The van der Waals surface area contributed by atoms with Gasteiger partial charge in [-0.2, -0.15) is 17.8 Å². The Morgan fingerprint density at radius 3 is 2.71 bits per heavy atom. The number of nitrogens with two attached hydrogens (primary N) is 1. The summed E-state index contributed by atoms with van der Waals surface area (Å²) in [7, 11) is -3.58. The van der Waals surface area contributed by atoms with E-state index in [0.29, 0.717) is 19.6 Å². The highest BCUT2D eigenvalue weighted by molar-refractivity contribution is 7.86. The zero-order chi connectivity index (χ0) is 12.0. The van der Waals surface area contributed by atoms with Crippen molar-refractivity contribution in [3.05, 3.63) is 17.0 Å². The molecule has 6 nitrogen and oxygen atoms in total. The Hall–Kier alpha value is -0.920. The van der Waals surface area contributed by atoms with Crippen LogP contribution in [0.2, 0.25) is 0 Å². The van der Waals surface area contributed by atoms with Gasteiger partial charge < -0.3 is 0 Å². The van der Waals surface area contributed by atoms with Crippen LogP contribution >= 0.6 is 0 Å². The molecule has 1 aliphatic heterocycles. The summed E-state index contributed by atoms with van der Waals surface area (Å²) < 4.78 is 26.0. The quantitative estimate of drug-likeness (QED) is 0.754. The molecule has 0 saturated carbocycles. The highest BCUT2D eigenvalue weighted by Gasteiger charge is 2.29. The second-order valence-corrected chi connectivity index (χ2v) is 6.23. The third-order valence-corrected chi connectivity index (χ3v) is 4.62. The predicted molar refractivity (Wildman–Crippen MR) is 62.4 cm³/mol. The van der Waals surface area contributed by atoms with Gasteiger partial charge in [-0.05, 0) is 31.2 Å². The zero-order valence-corrected chi connectivity index (χ0v) is 10.4. The summed E-state index contributed by atoms with van der Waals surface area (Å²) in [5, 5.41) is 9.74. The van der Waals surface area contributed by atoms with Crippen LogP contribution in [-0.2, 0) is 36.1 Å². The smallest absolute Gasteiger partial charge is 0.266 e. The minimum atomic E-state index is -3.58. The van der Waals surface area contributed by atoms with Crippen molar-refractivity contribution < 1.29 is 8.42 Å². The maximum absolute atomic E-state index is 11.4. The molecule has 0 saturated heterocycles. The number of aryl methyl sites for hydroxylation is 1. The van der Waals surface area contributed by atoms with Crippen LogP contribution in [0.25, 0.3) is 0 Å². The third kappa shape index (κ3) is 1.88. The van der Waals surface area contributed by atoms with Crippen molar-refractivity contribution in [2.45, 2.75) is 38.8 Å². The standard InChI is InChI=1S/C10H16N4O2S/c11-17(15,16)13-5-6-14-10(7-13)8-3-1-2-4-9(8)12-14/h1-7H2,(H2,11,15,16). The van der Waals surface area contributed by atoms with Crippen molar-refractivity contribution in [3.63, 3.8) is 0 Å². The number of rotatable bonds is 1. The van der Waals surface area contributed by atoms with Crippen LogP contribution in [0.1, 0.15) is 29.8 Å². The molecule has 0 aromatic carbocycles. The largest absolute Gasteiger partial charge is 0.277 e. The molecular weight excluding hydrogens is 240 g/mol. The van der Waals surface area contributed by atoms with Crippen molar-refractivity contribution >= 4 is 10.2 Å². The molecule has 2 aliphatic rings. The summed E-state index contributed by atoms with van der Waals surface area (Å²) in [5.74, 6) is 0. The van der Waals surface area contributed by atoms with Gasteiger partial charge in [0.05, 0.1) is 24.5 Å². The highest BCUT2D eigenvalue weighted by Crippen LogP contribution is 2.27. The van der Waals surface area contributed by atoms with E-state index in [1.807, 2.05) is 4.68 Å². The van der Waals surface area contributed by atoms with Gasteiger partial charge in [0.2, 0.25) is 0 Å². The molecule has 17 heavy (non-hydrogen) atoms. The van der Waals surface area contributed by atoms with Gasteiger partial charge in [-0.1, -0.05) is 0 Å². The first-order chi connectivity index (χ1) is 8.05. The lowest BCUT2D eigenvalue weighted by atomic mass is 9.96. The molecule has 0 spiro atoms. The van der Waals surface area contributed by atoms with Gasteiger partial charge in [0.1, 0.15) is 0 Å². The number of fused-ring (bicyclic) bond motifs is 3. The van der Waals surface area contributed by atoms with Gasteiger partial charge in [0, 0.05) is 6.54 Å². The molecule has 2 heterocycles. The minimum absolute atomic E-state index is 0.376. The van der Waals surface area contributed by atoms with Crippen molar-refractivity contribution in [1.82, 2.24) is 14.1 Å². The molecular formula is C10H16N4O2S. The molecule has 2 N–H and O–H groups in total. The lowest BCUT2D eigenvalue weighted by Gasteiger charge is -2.25. The minimum Gasteiger partial charge on any atom is -0.266 e. The van der Waals surface area contributed by atoms with E-state index in [1.54, 1.807) is 0 Å². The van der Waals surface area contributed by atoms with Crippen LogP contribution in [-0.4, -0.2) is 29.0 Å². The molecule has 0 radical (unpaired) electrons. The van der Waals surface area contributed by atoms with Crippen LogP contribution in [0, 0.1) is 0 Å². The highest BCUT2D eigenvalue weighted by atomic mass is 32.2. The number of aromatic nitrogens is 2. The SMILES string of the molecule is NS(=O)(=O)N1CCn2nc3c(c2C1)CCCC3. The van der Waals surface area contributed by atoms with Gasteiger partial charge in [0.25, 0.3) is 10.2 Å². The van der Waals surface area contributed by atoms with E-state index < -0.39 is 10.2 Å². The predicted octanol–water partition coefficient (Wildman–Crippen LogP) is -0.219. The fourth-order valence-corrected chi connectivity index (χ4v) is 3.34. The molecule has 1 aromatic rings. The lowest BCUT2D eigenvalue weighted by Crippen LogP contribution is -2.42. The summed E-state index contributed by atoms with van der Waals surface area (Å²) in [4.78, 5) is 0. The number of hydrogen-bond acceptors (Lipinski definition) is 3. The Morgan fingerprint density at radius 2 is 1.94 bits per heavy atom. The average molecular weight is 256 g/mol. The molecule has 0 fully saturated rings. The van der Waals surface area contributed by atoms with E-state index in [2.05, 4.69) is 5.10 Å². The maximum atomic E-state index is 11.4. The van der Waals surface area contributed by atoms with Crippen LogP contribution in [0.4, 0.5) is 0 Å². The monoisotopic (exact) mass is 256 g/mol. The molecule has 94 valence electrons. The summed E-state index contributed by atoms with van der Waals surface area (Å²) in [5.41, 5.74) is 3.45. The van der Waals surface area contributed by atoms with Crippen molar-refractivity contribution in [3.8, 4) is 0 Å². The van der Waals surface area contributed by atoms with Gasteiger partial charge in [-0.15, -0.1) is 0 Å². The summed E-state index contributed by atoms with van der Waals surface area (Å²) >= 11 is 0. The Balaban J connectivity index is 1.99. The second kappa shape index (κ2) is 3.79. The van der Waals surface area contributed by atoms with Gasteiger partial charge >= 0.3 is 0 Å². The van der Waals surface area contributed by atoms with Crippen LogP contribution < -0.4 is 5.14 Å². The molecule has 0 bridgehead atoms. The molecule has 7 heteroatoms. The lowest BCUT2D eigenvalue weighted by molar-refractivity contribution is 0.325. The first kappa shape index (κ1) is 11.2. The first-order valence-electron chi connectivity index (χ1n) is 5.91. The van der Waals surface area contributed by atoms with E-state index in [9.17, 15) is 8.42 Å². The van der Waals surface area contributed by atoms with Gasteiger partial charge in [0.15, 0.2) is 0 Å². The van der Waals surface area contributed by atoms with Crippen molar-refractivity contribution in [2.24, 2.45) is 5.14 Å². The molecule has 3 rings (SSSR count). The molecule has 0 unspecified atom stereocenters. The van der Waals surface area contributed by atoms with E-state index in [1.165, 1.54) is 22.7 Å². The van der Waals surface area contributed by atoms with Crippen molar-refractivity contribution in [2.75, 3.05) is 6.54 Å². The average Bonchev–Trinajstić information content (AvgIpc) is 2.65. The van der Waals surface area contributed by atoms with Gasteiger partial charge in [-0.3, -0.25) is 4.68 Å². The fraction of sp³-hybridized carbons (Fsp3) is 0.700. The molecule has 0 atom stereocenters. The molecule has 1 aromatic heterocycles. The zero-order valence-electron chi connectivity index (χ0n) is 9.59. The Morgan fingerprint density at radius 1 is 1.18 bits per heavy atom. The summed E-state index contributed by atoms with van der Waals surface area (Å²) in [6.45, 7) is 1.41. The Bertz CT molecular complexity index is 549. The number of nitrogens with zero attached hydrogens (tertiary/aromatic N) is 3. The van der Waals surface area contributed by atoms with E-state index in [-0.39, 0.29) is 0 Å². The van der Waals surface area contributed by atoms with Crippen LogP contribution in [0.15, 0.2) is 0 Å². The Kier molecular flexibility index (Phi) is 2.49. The fourth-order valence-electron chi connectivity index (χ4n) is 2.70. The normalized spacial score (nSPS) is 21.0. The van der Waals surface area contributed by atoms with Crippen molar-refractivity contribution in [1.29, 1.82) is 0 Å². The van der Waals surface area contributed by atoms with E-state index in [4.69, 9.17) is 5.14 Å². The molecule has 0 amide bonds. The van der Waals surface area contributed by atoms with Crippen LogP contribution in [0.5, 0.6) is 0 Å².